The topological polar surface area (TPSA) is 26.3 Å². The maximum Gasteiger partial charge on any atom is 0.178 e. The Morgan fingerprint density at radius 2 is 0.818 bits per heavy atom. The van der Waals surface area contributed by atoms with Gasteiger partial charge in [-0.1, -0.05) is 114 Å². The van der Waals surface area contributed by atoms with Crippen molar-refractivity contribution in [1.29, 1.82) is 0 Å². The fraction of sp³-hybridized carbons (Fsp3) is 0.381. The van der Waals surface area contributed by atoms with Crippen molar-refractivity contribution in [2.24, 2.45) is 0 Å². The molecule has 0 radical (unpaired) electrons. The van der Waals surface area contributed by atoms with Crippen LogP contribution in [0.5, 0.6) is 0 Å². The number of hydrogen-bond donors (Lipinski definition) is 0. The highest BCUT2D eigenvalue weighted by Crippen LogP contribution is 2.41. The highest BCUT2D eigenvalue weighted by atomic mass is 16.4. The number of aryl methyl sites for hydroxylation is 2. The van der Waals surface area contributed by atoms with Gasteiger partial charge < -0.3 is 8.83 Å². The summed E-state index contributed by atoms with van der Waals surface area (Å²) < 4.78 is 13.1. The van der Waals surface area contributed by atoms with Gasteiger partial charge in [-0.2, -0.15) is 0 Å². The van der Waals surface area contributed by atoms with Gasteiger partial charge in [0.25, 0.3) is 0 Å². The van der Waals surface area contributed by atoms with Gasteiger partial charge >= 0.3 is 0 Å². The Morgan fingerprint density at radius 1 is 0.386 bits per heavy atom. The highest BCUT2D eigenvalue weighted by molar-refractivity contribution is 6.21. The molecule has 2 heteroatoms. The van der Waals surface area contributed by atoms with Crippen molar-refractivity contribution in [3.8, 4) is 0 Å². The Labute approximate surface area is 261 Å². The van der Waals surface area contributed by atoms with Crippen LogP contribution in [0.4, 0.5) is 0 Å². The van der Waals surface area contributed by atoms with E-state index in [1.807, 2.05) is 0 Å². The molecule has 226 valence electrons. The average molecular weight is 583 g/mol. The third kappa shape index (κ3) is 5.84. The van der Waals surface area contributed by atoms with Crippen molar-refractivity contribution in [2.45, 2.75) is 104 Å². The van der Waals surface area contributed by atoms with Crippen molar-refractivity contribution in [3.63, 3.8) is 0 Å². The van der Waals surface area contributed by atoms with E-state index in [2.05, 4.69) is 86.6 Å². The average Bonchev–Trinajstić information content (AvgIpc) is 3.59. The summed E-state index contributed by atoms with van der Waals surface area (Å²) in [5.41, 5.74) is 6.42. The van der Waals surface area contributed by atoms with Gasteiger partial charge in [0.2, 0.25) is 0 Å². The minimum absolute atomic E-state index is 0.851. The number of unbranched alkanes of at least 4 members (excludes halogenated alkanes) is 10. The lowest BCUT2D eigenvalue weighted by Gasteiger charge is -2.05. The predicted octanol–water partition coefficient (Wildman–Crippen LogP) is 13.6. The number of benzene rings is 5. The van der Waals surface area contributed by atoms with Gasteiger partial charge in [0.1, 0.15) is 11.2 Å². The molecule has 0 spiro atoms. The van der Waals surface area contributed by atoms with Crippen molar-refractivity contribution in [3.05, 3.63) is 83.9 Å². The van der Waals surface area contributed by atoms with Crippen molar-refractivity contribution >= 4 is 65.4 Å². The quantitative estimate of drug-likeness (QED) is 0.119. The predicted molar refractivity (Wildman–Crippen MR) is 190 cm³/mol. The van der Waals surface area contributed by atoms with Crippen LogP contribution in [0.3, 0.4) is 0 Å². The van der Waals surface area contributed by atoms with Crippen molar-refractivity contribution in [1.82, 2.24) is 0 Å². The molecule has 0 atom stereocenters. The lowest BCUT2D eigenvalue weighted by atomic mass is 9.99. The maximum absolute atomic E-state index is 6.55. The molecule has 2 heterocycles. The molecule has 0 fully saturated rings. The normalized spacial score (nSPS) is 12.2. The lowest BCUT2D eigenvalue weighted by molar-refractivity contribution is 0.607. The fourth-order valence-corrected chi connectivity index (χ4v) is 7.18. The summed E-state index contributed by atoms with van der Waals surface area (Å²) in [6, 6.07) is 27.4. The zero-order valence-electron chi connectivity index (χ0n) is 26.6. The first-order valence-electron chi connectivity index (χ1n) is 17.4. The smallest absolute Gasteiger partial charge is 0.178 e. The number of fused-ring (bicyclic) bond motifs is 9. The first-order chi connectivity index (χ1) is 21.7. The molecule has 0 aliphatic heterocycles. The summed E-state index contributed by atoms with van der Waals surface area (Å²) in [6.07, 6.45) is 18.3. The van der Waals surface area contributed by atoms with Gasteiger partial charge in [-0.05, 0) is 94.8 Å². The molecular formula is C42H46O2. The van der Waals surface area contributed by atoms with Crippen LogP contribution in [0.15, 0.2) is 81.6 Å². The van der Waals surface area contributed by atoms with E-state index in [1.165, 1.54) is 110 Å². The molecule has 0 aliphatic carbocycles. The summed E-state index contributed by atoms with van der Waals surface area (Å²) in [5.74, 6) is 0. The van der Waals surface area contributed by atoms with Gasteiger partial charge in [0.15, 0.2) is 11.2 Å². The molecule has 5 aromatic carbocycles. The molecule has 0 N–H and O–H groups in total. The standard InChI is InChI=1S/C42H46O2/c1-3-5-7-9-11-13-15-29-17-19-31-27-39-37(25-33(31)23-29)35-21-22-36-38-26-34-24-30(16-14-12-10-8-6-4-2)18-20-32(34)28-40(38)44-42(36)41(35)43-39/h17-28H,3-16H2,1-2H3. The van der Waals surface area contributed by atoms with E-state index in [9.17, 15) is 0 Å². The Morgan fingerprint density at radius 3 is 1.27 bits per heavy atom. The van der Waals surface area contributed by atoms with Crippen molar-refractivity contribution in [2.75, 3.05) is 0 Å². The van der Waals surface area contributed by atoms with E-state index in [0.717, 1.165) is 56.7 Å². The molecule has 0 saturated heterocycles. The summed E-state index contributed by atoms with van der Waals surface area (Å²) in [6.45, 7) is 4.56. The maximum atomic E-state index is 6.55. The van der Waals surface area contributed by atoms with Gasteiger partial charge in [0, 0.05) is 21.5 Å². The van der Waals surface area contributed by atoms with Gasteiger partial charge in [-0.15, -0.1) is 0 Å². The van der Waals surface area contributed by atoms with Gasteiger partial charge in [-0.3, -0.25) is 0 Å². The van der Waals surface area contributed by atoms with Crippen LogP contribution in [-0.4, -0.2) is 0 Å². The van der Waals surface area contributed by atoms with E-state index in [1.54, 1.807) is 0 Å². The summed E-state index contributed by atoms with van der Waals surface area (Å²) in [4.78, 5) is 0. The van der Waals surface area contributed by atoms with Crippen LogP contribution >= 0.6 is 0 Å². The largest absolute Gasteiger partial charge is 0.452 e. The molecule has 0 aliphatic rings. The van der Waals surface area contributed by atoms with Crippen LogP contribution in [0.2, 0.25) is 0 Å². The van der Waals surface area contributed by atoms with E-state index >= 15 is 0 Å². The number of rotatable bonds is 14. The highest BCUT2D eigenvalue weighted by Gasteiger charge is 2.17. The van der Waals surface area contributed by atoms with Gasteiger partial charge in [-0.25, -0.2) is 0 Å². The third-order valence-electron chi connectivity index (χ3n) is 9.76. The van der Waals surface area contributed by atoms with Crippen molar-refractivity contribution < 1.29 is 8.83 Å². The third-order valence-corrected chi connectivity index (χ3v) is 9.76. The van der Waals surface area contributed by atoms with E-state index in [4.69, 9.17) is 8.83 Å². The summed E-state index contributed by atoms with van der Waals surface area (Å²) in [7, 11) is 0. The van der Waals surface area contributed by atoms with Crippen LogP contribution in [0, 0.1) is 0 Å². The van der Waals surface area contributed by atoms with E-state index in [0.29, 0.717) is 0 Å². The monoisotopic (exact) mass is 582 g/mol. The number of furan rings is 2. The van der Waals surface area contributed by atoms with E-state index < -0.39 is 0 Å². The molecule has 7 aromatic rings. The first-order valence-corrected chi connectivity index (χ1v) is 17.4. The molecule has 0 unspecified atom stereocenters. The van der Waals surface area contributed by atoms with E-state index in [-0.39, 0.29) is 0 Å². The Balaban J connectivity index is 1.18. The summed E-state index contributed by atoms with van der Waals surface area (Å²) >= 11 is 0. The molecule has 2 aromatic heterocycles. The molecule has 0 amide bonds. The van der Waals surface area contributed by atoms with Crippen LogP contribution in [0.1, 0.15) is 102 Å². The Kier molecular flexibility index (Phi) is 8.60. The summed E-state index contributed by atoms with van der Waals surface area (Å²) in [5, 5.41) is 9.61. The molecule has 0 saturated carbocycles. The minimum atomic E-state index is 0.851. The second-order valence-electron chi connectivity index (χ2n) is 13.1. The minimum Gasteiger partial charge on any atom is -0.452 e. The van der Waals surface area contributed by atoms with Crippen LogP contribution in [-0.2, 0) is 12.8 Å². The first kappa shape index (κ1) is 29.0. The second-order valence-corrected chi connectivity index (χ2v) is 13.1. The number of hydrogen-bond acceptors (Lipinski definition) is 2. The Bertz CT molecular complexity index is 1900. The van der Waals surface area contributed by atoms with Gasteiger partial charge in [0.05, 0.1) is 0 Å². The lowest BCUT2D eigenvalue weighted by Crippen LogP contribution is -1.87. The molecule has 7 rings (SSSR count). The molecule has 0 bridgehead atoms. The van der Waals surface area contributed by atoms with Crippen LogP contribution < -0.4 is 0 Å². The fourth-order valence-electron chi connectivity index (χ4n) is 7.18. The molecule has 44 heavy (non-hydrogen) atoms. The second kappa shape index (κ2) is 13.1. The van der Waals surface area contributed by atoms with Crippen LogP contribution in [0.25, 0.3) is 65.4 Å². The molecule has 2 nitrogen and oxygen atoms in total. The zero-order chi connectivity index (χ0) is 29.9. The SMILES string of the molecule is CCCCCCCCc1ccc2cc3oc4c(ccc5c6cc7cc(CCCCCCCC)ccc7cc6oc54)c3cc2c1. The zero-order valence-corrected chi connectivity index (χ0v) is 26.6. The molecular weight excluding hydrogens is 536 g/mol. The Hall–Kier alpha value is -3.78.